The van der Waals surface area contributed by atoms with E-state index < -0.39 is 18.4 Å². The first-order chi connectivity index (χ1) is 9.95. The van der Waals surface area contributed by atoms with Crippen LogP contribution in [0.3, 0.4) is 0 Å². The van der Waals surface area contributed by atoms with Gasteiger partial charge in [-0.3, -0.25) is 9.59 Å². The van der Waals surface area contributed by atoms with Crippen molar-refractivity contribution in [2.24, 2.45) is 10.8 Å². The number of nitrogens with one attached hydrogen (secondary N) is 1. The van der Waals surface area contributed by atoms with E-state index in [2.05, 4.69) is 9.84 Å². The topological polar surface area (TPSA) is 103 Å². The van der Waals surface area contributed by atoms with Gasteiger partial charge in [0.2, 0.25) is 0 Å². The lowest BCUT2D eigenvalue weighted by Crippen LogP contribution is -2.32. The molecule has 1 aromatic carbocycles. The molecule has 0 saturated heterocycles. The third kappa shape index (κ3) is 5.05. The van der Waals surface area contributed by atoms with Crippen molar-refractivity contribution in [3.63, 3.8) is 0 Å². The molecule has 21 heavy (non-hydrogen) atoms. The maximum atomic E-state index is 12.4. The summed E-state index contributed by atoms with van der Waals surface area (Å²) in [6, 6.07) is 4.39. The van der Waals surface area contributed by atoms with Gasteiger partial charge in [-0.2, -0.15) is 13.9 Å². The molecule has 0 aromatic heterocycles. The van der Waals surface area contributed by atoms with Crippen LogP contribution in [0.4, 0.5) is 8.78 Å². The second kappa shape index (κ2) is 7.78. The Morgan fingerprint density at radius 2 is 2.19 bits per heavy atom. The van der Waals surface area contributed by atoms with Crippen molar-refractivity contribution >= 4 is 18.0 Å². The van der Waals surface area contributed by atoms with E-state index >= 15 is 0 Å². The van der Waals surface area contributed by atoms with E-state index in [0.717, 1.165) is 6.21 Å². The zero-order chi connectivity index (χ0) is 15.8. The predicted molar refractivity (Wildman–Crippen MR) is 69.2 cm³/mol. The Kier molecular flexibility index (Phi) is 6.05. The highest BCUT2D eigenvalue weighted by Gasteiger charge is 2.15. The van der Waals surface area contributed by atoms with Crippen molar-refractivity contribution in [3.8, 4) is 11.5 Å². The molecule has 0 aliphatic rings. The maximum absolute atomic E-state index is 12.4. The lowest BCUT2D eigenvalue weighted by Gasteiger charge is -2.13. The summed E-state index contributed by atoms with van der Waals surface area (Å²) in [7, 11) is 0. The number of nitrogens with two attached hydrogens (primary N) is 1. The molecule has 0 fully saturated rings. The Morgan fingerprint density at radius 1 is 1.48 bits per heavy atom. The highest BCUT2D eigenvalue weighted by atomic mass is 19.3. The number of hydrazone groups is 1. The maximum Gasteiger partial charge on any atom is 0.387 e. The van der Waals surface area contributed by atoms with Crippen molar-refractivity contribution in [2.45, 2.75) is 13.5 Å². The number of rotatable bonds is 6. The van der Waals surface area contributed by atoms with Gasteiger partial charge in [-0.15, -0.1) is 0 Å². The third-order valence-corrected chi connectivity index (χ3v) is 2.11. The zero-order valence-corrected chi connectivity index (χ0v) is 11.0. The highest BCUT2D eigenvalue weighted by Crippen LogP contribution is 2.31. The Labute approximate surface area is 118 Å². The molecule has 1 rings (SSSR count). The smallest absolute Gasteiger partial charge is 0.387 e. The van der Waals surface area contributed by atoms with E-state index in [1.165, 1.54) is 18.2 Å². The van der Waals surface area contributed by atoms with Gasteiger partial charge in [0.05, 0.1) is 12.8 Å². The molecule has 0 bridgehead atoms. The van der Waals surface area contributed by atoms with Crippen LogP contribution in [0.5, 0.6) is 11.5 Å². The fourth-order valence-corrected chi connectivity index (χ4v) is 1.33. The third-order valence-electron chi connectivity index (χ3n) is 2.11. The molecule has 0 radical (unpaired) electrons. The first-order valence-corrected chi connectivity index (χ1v) is 5.79. The molecule has 114 valence electrons. The Hall–Kier alpha value is -2.71. The van der Waals surface area contributed by atoms with Gasteiger partial charge < -0.3 is 15.2 Å². The van der Waals surface area contributed by atoms with E-state index in [9.17, 15) is 18.4 Å². The average Bonchev–Trinajstić information content (AvgIpc) is 2.41. The van der Waals surface area contributed by atoms with Gasteiger partial charge in [0.15, 0.2) is 11.5 Å². The molecule has 3 N–H and O–H groups in total. The van der Waals surface area contributed by atoms with Gasteiger partial charge in [-0.05, 0) is 19.1 Å². The van der Waals surface area contributed by atoms with Crippen LogP contribution in [0.2, 0.25) is 0 Å². The number of nitrogens with zero attached hydrogens (tertiary/aromatic N) is 1. The molecular weight excluding hydrogens is 288 g/mol. The number of carbonyl (C=O) groups excluding carboxylic acids is 2. The first-order valence-electron chi connectivity index (χ1n) is 5.79. The highest BCUT2D eigenvalue weighted by molar-refractivity contribution is 6.34. The number of halogens is 2. The molecule has 0 saturated carbocycles. The molecule has 0 aliphatic carbocycles. The Balaban J connectivity index is 2.99. The van der Waals surface area contributed by atoms with E-state index in [-0.39, 0.29) is 23.7 Å². The molecule has 0 spiro atoms. The van der Waals surface area contributed by atoms with Crippen LogP contribution in [0.25, 0.3) is 0 Å². The summed E-state index contributed by atoms with van der Waals surface area (Å²) < 4.78 is 34.4. The minimum absolute atomic E-state index is 0.1000. The molecule has 2 amide bonds. The second-order valence-corrected chi connectivity index (χ2v) is 3.55. The quantitative estimate of drug-likeness (QED) is 0.457. The SMILES string of the molecule is CCOc1cccc(/C=N\NC(=O)C(N)=O)c1OC(F)F. The van der Waals surface area contributed by atoms with Crippen molar-refractivity contribution in [2.75, 3.05) is 6.61 Å². The monoisotopic (exact) mass is 301 g/mol. The molecule has 9 heteroatoms. The lowest BCUT2D eigenvalue weighted by atomic mass is 10.2. The molecular formula is C12H13F2N3O4. The minimum Gasteiger partial charge on any atom is -0.490 e. The molecule has 0 heterocycles. The summed E-state index contributed by atoms with van der Waals surface area (Å²) in [5.41, 5.74) is 6.67. The number of hydrogen-bond donors (Lipinski definition) is 2. The normalized spacial score (nSPS) is 10.7. The average molecular weight is 301 g/mol. The van der Waals surface area contributed by atoms with E-state index in [1.807, 2.05) is 5.43 Å². The van der Waals surface area contributed by atoms with Crippen LogP contribution in [-0.2, 0) is 9.59 Å². The van der Waals surface area contributed by atoms with Crippen LogP contribution in [0, 0.1) is 0 Å². The molecule has 1 aromatic rings. The molecule has 0 unspecified atom stereocenters. The fraction of sp³-hybridized carbons (Fsp3) is 0.250. The predicted octanol–water partition coefficient (Wildman–Crippen LogP) is 0.622. The van der Waals surface area contributed by atoms with Gasteiger partial charge in [-0.25, -0.2) is 5.43 Å². The van der Waals surface area contributed by atoms with Crippen molar-refractivity contribution < 1.29 is 27.8 Å². The Bertz CT molecular complexity index is 549. The van der Waals surface area contributed by atoms with Gasteiger partial charge in [0.1, 0.15) is 0 Å². The minimum atomic E-state index is -3.06. The van der Waals surface area contributed by atoms with E-state index in [1.54, 1.807) is 6.92 Å². The summed E-state index contributed by atoms with van der Waals surface area (Å²) in [5, 5.41) is 3.43. The summed E-state index contributed by atoms with van der Waals surface area (Å²) in [5.74, 6) is -2.49. The van der Waals surface area contributed by atoms with E-state index in [4.69, 9.17) is 10.5 Å². The van der Waals surface area contributed by atoms with Crippen LogP contribution >= 0.6 is 0 Å². The van der Waals surface area contributed by atoms with Crippen LogP contribution in [0.1, 0.15) is 12.5 Å². The molecule has 0 atom stereocenters. The number of primary amides is 1. The van der Waals surface area contributed by atoms with Gasteiger partial charge >= 0.3 is 18.4 Å². The molecule has 7 nitrogen and oxygen atoms in total. The lowest BCUT2D eigenvalue weighted by molar-refractivity contribution is -0.137. The number of para-hydroxylation sites is 1. The largest absolute Gasteiger partial charge is 0.490 e. The van der Waals surface area contributed by atoms with Gasteiger partial charge in [0, 0.05) is 5.56 Å². The number of hydrogen-bond acceptors (Lipinski definition) is 5. The van der Waals surface area contributed by atoms with Crippen molar-refractivity contribution in [3.05, 3.63) is 23.8 Å². The number of carbonyl (C=O) groups is 2. The van der Waals surface area contributed by atoms with Gasteiger partial charge in [-0.1, -0.05) is 6.07 Å². The number of amides is 2. The first kappa shape index (κ1) is 16.3. The number of benzene rings is 1. The zero-order valence-electron chi connectivity index (χ0n) is 11.0. The van der Waals surface area contributed by atoms with Gasteiger partial charge in [0.25, 0.3) is 0 Å². The summed E-state index contributed by atoms with van der Waals surface area (Å²) in [6.07, 6.45) is 1.03. The summed E-state index contributed by atoms with van der Waals surface area (Å²) in [4.78, 5) is 21.4. The van der Waals surface area contributed by atoms with Crippen molar-refractivity contribution in [1.82, 2.24) is 5.43 Å². The summed E-state index contributed by atoms with van der Waals surface area (Å²) in [6.45, 7) is -1.13. The number of ether oxygens (including phenoxy) is 2. The second-order valence-electron chi connectivity index (χ2n) is 3.55. The molecule has 0 aliphatic heterocycles. The van der Waals surface area contributed by atoms with Crippen molar-refractivity contribution in [1.29, 1.82) is 0 Å². The Morgan fingerprint density at radius 3 is 2.76 bits per heavy atom. The van der Waals surface area contributed by atoms with Crippen LogP contribution in [-0.4, -0.2) is 31.2 Å². The summed E-state index contributed by atoms with van der Waals surface area (Å²) >= 11 is 0. The standard InChI is InChI=1S/C12H13F2N3O4/c1-2-20-8-5-3-4-7(9(8)21-12(13)14)6-16-17-11(19)10(15)18/h3-6,12H,2H2,1H3,(H2,15,18)(H,17,19)/b16-6-. The number of alkyl halides is 2. The van der Waals surface area contributed by atoms with Crippen LogP contribution in [0.15, 0.2) is 23.3 Å². The van der Waals surface area contributed by atoms with E-state index in [0.29, 0.717) is 0 Å². The van der Waals surface area contributed by atoms with Crippen LogP contribution < -0.4 is 20.6 Å². The fourth-order valence-electron chi connectivity index (χ4n) is 1.33.